The van der Waals surface area contributed by atoms with E-state index in [-0.39, 0.29) is 29.7 Å². The number of allylic oxidation sites excluding steroid dienone is 3. The molecule has 2 aromatic rings. The van der Waals surface area contributed by atoms with Crippen molar-refractivity contribution in [2.45, 2.75) is 45.1 Å². The van der Waals surface area contributed by atoms with Gasteiger partial charge >= 0.3 is 5.97 Å². The van der Waals surface area contributed by atoms with E-state index in [1.807, 2.05) is 63.2 Å². The van der Waals surface area contributed by atoms with Gasteiger partial charge in [-0.25, -0.2) is 4.79 Å². The third kappa shape index (κ3) is 4.38. The summed E-state index contributed by atoms with van der Waals surface area (Å²) in [6.07, 6.45) is 2.33. The summed E-state index contributed by atoms with van der Waals surface area (Å²) < 4.78 is 6.52. The highest BCUT2D eigenvalue weighted by Gasteiger charge is 2.45. The van der Waals surface area contributed by atoms with E-state index < -0.39 is 5.92 Å². The molecule has 0 fully saturated rings. The molecule has 2 aliphatic rings. The number of hydrogen-bond donors (Lipinski definition) is 1. The predicted octanol–water partition coefficient (Wildman–Crippen LogP) is 5.62. The van der Waals surface area contributed by atoms with Crippen LogP contribution in [0.1, 0.15) is 50.2 Å². The number of nitrogens with one attached hydrogen (secondary N) is 1. The highest BCUT2D eigenvalue weighted by molar-refractivity contribution is 9.10. The fourth-order valence-electron chi connectivity index (χ4n) is 4.57. The third-order valence-electron chi connectivity index (χ3n) is 5.88. The van der Waals surface area contributed by atoms with Crippen LogP contribution in [-0.4, -0.2) is 17.9 Å². The van der Waals surface area contributed by atoms with Gasteiger partial charge in [0.15, 0.2) is 0 Å². The average molecular weight is 480 g/mol. The van der Waals surface area contributed by atoms with Crippen molar-refractivity contribution in [1.82, 2.24) is 5.32 Å². The highest BCUT2D eigenvalue weighted by atomic mass is 79.9. The first-order chi connectivity index (χ1) is 14.8. The van der Waals surface area contributed by atoms with Crippen LogP contribution in [0, 0.1) is 5.92 Å². The summed E-state index contributed by atoms with van der Waals surface area (Å²) in [5.41, 5.74) is 4.20. The van der Waals surface area contributed by atoms with Crippen LogP contribution in [0.4, 0.5) is 0 Å². The Morgan fingerprint density at radius 3 is 2.35 bits per heavy atom. The van der Waals surface area contributed by atoms with E-state index in [0.717, 1.165) is 27.0 Å². The van der Waals surface area contributed by atoms with E-state index in [4.69, 9.17) is 4.74 Å². The van der Waals surface area contributed by atoms with E-state index >= 15 is 0 Å². The van der Waals surface area contributed by atoms with E-state index in [1.54, 1.807) is 0 Å². The molecule has 0 aromatic heterocycles. The summed E-state index contributed by atoms with van der Waals surface area (Å²) in [5.74, 6) is -1.02. The Hall–Kier alpha value is -2.66. The third-order valence-corrected chi connectivity index (χ3v) is 6.41. The molecule has 1 aliphatic heterocycles. The fraction of sp³-hybridized carbons (Fsp3) is 0.308. The smallest absolute Gasteiger partial charge is 0.336 e. The van der Waals surface area contributed by atoms with Crippen LogP contribution < -0.4 is 5.32 Å². The van der Waals surface area contributed by atoms with Crippen LogP contribution >= 0.6 is 15.9 Å². The Morgan fingerprint density at radius 2 is 1.71 bits per heavy atom. The Balaban J connectivity index is 1.82. The lowest BCUT2D eigenvalue weighted by atomic mass is 9.68. The lowest BCUT2D eigenvalue weighted by Gasteiger charge is -2.39. The molecule has 3 unspecified atom stereocenters. The Kier molecular flexibility index (Phi) is 6.15. The van der Waals surface area contributed by atoms with Crippen molar-refractivity contribution in [3.8, 4) is 0 Å². The molecule has 31 heavy (non-hydrogen) atoms. The van der Waals surface area contributed by atoms with E-state index in [2.05, 4.69) is 39.5 Å². The van der Waals surface area contributed by atoms with Crippen molar-refractivity contribution in [2.75, 3.05) is 0 Å². The minimum atomic E-state index is -0.431. The maximum Gasteiger partial charge on any atom is 0.336 e. The van der Waals surface area contributed by atoms with Crippen LogP contribution in [0.5, 0.6) is 0 Å². The number of ketones is 1. The molecule has 160 valence electrons. The maximum absolute atomic E-state index is 13.5. The van der Waals surface area contributed by atoms with E-state index in [9.17, 15) is 9.59 Å². The summed E-state index contributed by atoms with van der Waals surface area (Å²) in [6.45, 7) is 5.55. The highest BCUT2D eigenvalue weighted by Crippen LogP contribution is 2.46. The Morgan fingerprint density at radius 1 is 1.03 bits per heavy atom. The number of esters is 1. The van der Waals surface area contributed by atoms with Crippen molar-refractivity contribution in [3.63, 3.8) is 0 Å². The first-order valence-corrected chi connectivity index (χ1v) is 11.4. The molecular formula is C26H26BrNO3. The number of halogens is 1. The normalized spacial score (nSPS) is 23.2. The first-order valence-electron chi connectivity index (χ1n) is 10.6. The lowest BCUT2D eigenvalue weighted by molar-refractivity contribution is -0.143. The van der Waals surface area contributed by atoms with E-state index in [1.165, 1.54) is 0 Å². The zero-order valence-corrected chi connectivity index (χ0v) is 19.5. The second-order valence-corrected chi connectivity index (χ2v) is 9.35. The molecule has 0 amide bonds. The van der Waals surface area contributed by atoms with Gasteiger partial charge in [0.25, 0.3) is 0 Å². The maximum atomic E-state index is 13.5. The van der Waals surface area contributed by atoms with E-state index in [0.29, 0.717) is 12.0 Å². The zero-order chi connectivity index (χ0) is 22.1. The van der Waals surface area contributed by atoms with Crippen LogP contribution in [0.3, 0.4) is 0 Å². The molecule has 0 saturated heterocycles. The number of rotatable bonds is 4. The summed E-state index contributed by atoms with van der Waals surface area (Å²) >= 11 is 3.48. The molecule has 2 aromatic carbocycles. The molecule has 4 rings (SSSR count). The molecule has 4 nitrogen and oxygen atoms in total. The molecule has 0 radical (unpaired) electrons. The minimum absolute atomic E-state index is 0.0231. The first kappa shape index (κ1) is 21.6. The quantitative estimate of drug-likeness (QED) is 0.578. The molecule has 5 heteroatoms. The van der Waals surface area contributed by atoms with Gasteiger partial charge in [0.2, 0.25) is 0 Å². The number of hydrogen-bond acceptors (Lipinski definition) is 4. The Bertz CT molecular complexity index is 1050. The molecular weight excluding hydrogens is 454 g/mol. The predicted molar refractivity (Wildman–Crippen MR) is 124 cm³/mol. The SMILES string of the molecule is CC1=C(C(=O)OC(C)C)C(c2ccc(Br)cc2)C2C(=O)CC(c3ccccc3)C=C2N1. The van der Waals surface area contributed by atoms with Gasteiger partial charge in [-0.15, -0.1) is 0 Å². The molecule has 0 bridgehead atoms. The van der Waals surface area contributed by atoms with Gasteiger partial charge in [-0.3, -0.25) is 4.79 Å². The number of Topliss-reactive ketones (excluding diaryl/α,β-unsaturated/α-hetero) is 1. The second kappa shape index (κ2) is 8.83. The number of fused-ring (bicyclic) bond motifs is 1. The molecule has 3 atom stereocenters. The summed E-state index contributed by atoms with van der Waals surface area (Å²) in [7, 11) is 0. The zero-order valence-electron chi connectivity index (χ0n) is 17.9. The van der Waals surface area contributed by atoms with Crippen LogP contribution in [-0.2, 0) is 14.3 Å². The monoisotopic (exact) mass is 479 g/mol. The molecule has 0 spiro atoms. The summed E-state index contributed by atoms with van der Waals surface area (Å²) in [6, 6.07) is 17.9. The van der Waals surface area contributed by atoms with Crippen molar-refractivity contribution < 1.29 is 14.3 Å². The van der Waals surface area contributed by atoms with Crippen LogP contribution in [0.2, 0.25) is 0 Å². The molecule has 1 aliphatic carbocycles. The minimum Gasteiger partial charge on any atom is -0.460 e. The number of carbonyl (C=O) groups is 2. The average Bonchev–Trinajstić information content (AvgIpc) is 2.73. The van der Waals surface area contributed by atoms with Gasteiger partial charge < -0.3 is 10.1 Å². The summed E-state index contributed by atoms with van der Waals surface area (Å²) in [4.78, 5) is 26.6. The van der Waals surface area contributed by atoms with Crippen molar-refractivity contribution in [3.05, 3.63) is 93.2 Å². The van der Waals surface area contributed by atoms with Crippen LogP contribution in [0.25, 0.3) is 0 Å². The summed E-state index contributed by atoms with van der Waals surface area (Å²) in [5, 5.41) is 3.37. The topological polar surface area (TPSA) is 55.4 Å². The molecule has 1 heterocycles. The van der Waals surface area contributed by atoms with Gasteiger partial charge in [-0.1, -0.05) is 64.5 Å². The van der Waals surface area contributed by atoms with Crippen LogP contribution in [0.15, 0.2) is 82.1 Å². The van der Waals surface area contributed by atoms with Gasteiger partial charge in [-0.05, 0) is 44.0 Å². The molecule has 0 saturated carbocycles. The van der Waals surface area contributed by atoms with Gasteiger partial charge in [0.05, 0.1) is 17.6 Å². The van der Waals surface area contributed by atoms with Crippen molar-refractivity contribution >= 4 is 27.7 Å². The second-order valence-electron chi connectivity index (χ2n) is 8.43. The van der Waals surface area contributed by atoms with Crippen molar-refractivity contribution in [2.24, 2.45) is 5.92 Å². The number of ether oxygens (including phenoxy) is 1. The largest absolute Gasteiger partial charge is 0.460 e. The Labute approximate surface area is 191 Å². The number of benzene rings is 2. The fourth-order valence-corrected chi connectivity index (χ4v) is 4.83. The number of carbonyl (C=O) groups excluding carboxylic acids is 2. The molecule has 1 N–H and O–H groups in total. The van der Waals surface area contributed by atoms with Crippen molar-refractivity contribution in [1.29, 1.82) is 0 Å². The standard InChI is InChI=1S/C26H26BrNO3/c1-15(2)31-26(30)23-16(3)28-21-13-19(17-7-5-4-6-8-17)14-22(29)25(21)24(23)18-9-11-20(27)12-10-18/h4-13,15,19,24-25,28H,14H2,1-3H3. The van der Waals surface area contributed by atoms with Gasteiger partial charge in [0.1, 0.15) is 5.78 Å². The van der Waals surface area contributed by atoms with Gasteiger partial charge in [-0.2, -0.15) is 0 Å². The lowest BCUT2D eigenvalue weighted by Crippen LogP contribution is -2.42. The van der Waals surface area contributed by atoms with Gasteiger partial charge in [0, 0.05) is 34.1 Å².